The maximum atomic E-state index is 3.76. The van der Waals surface area contributed by atoms with Gasteiger partial charge in [-0.1, -0.05) is 76.3 Å². The first-order valence-corrected chi connectivity index (χ1v) is 5.12. The molecule has 1 aromatic carbocycles. The van der Waals surface area contributed by atoms with Gasteiger partial charge in [-0.3, -0.25) is 0 Å². The summed E-state index contributed by atoms with van der Waals surface area (Å²) in [4.78, 5) is 0. The van der Waals surface area contributed by atoms with Crippen LogP contribution in [0, 0.1) is 13.0 Å². The van der Waals surface area contributed by atoms with Crippen molar-refractivity contribution < 1.29 is 0 Å². The van der Waals surface area contributed by atoms with Crippen LogP contribution in [-0.4, -0.2) is 0 Å². The first-order valence-electron chi connectivity index (χ1n) is 5.12. The quantitative estimate of drug-likeness (QED) is 0.601. The summed E-state index contributed by atoms with van der Waals surface area (Å²) < 4.78 is 0. The zero-order valence-corrected chi connectivity index (χ0v) is 8.63. The second kappa shape index (κ2) is 11.2. The zero-order chi connectivity index (χ0) is 9.78. The lowest BCUT2D eigenvalue weighted by atomic mass is 10.2. The van der Waals surface area contributed by atoms with Crippen LogP contribution in [0.1, 0.15) is 39.0 Å². The monoisotopic (exact) mass is 176 g/mol. The van der Waals surface area contributed by atoms with Crippen LogP contribution in [0.15, 0.2) is 30.3 Å². The molecule has 0 nitrogen and oxygen atoms in total. The average Bonchev–Trinajstić information content (AvgIpc) is 2.22. The Kier molecular flexibility index (Phi) is 10.5. The van der Waals surface area contributed by atoms with Crippen LogP contribution in [0.4, 0.5) is 0 Å². The van der Waals surface area contributed by atoms with Gasteiger partial charge in [0.2, 0.25) is 0 Å². The minimum atomic E-state index is 1.11. The zero-order valence-electron chi connectivity index (χ0n) is 8.63. The van der Waals surface area contributed by atoms with Crippen LogP contribution in [-0.2, 0) is 0 Å². The molecule has 0 bridgehead atoms. The summed E-state index contributed by atoms with van der Waals surface area (Å²) in [6, 6.07) is 12.5. The highest BCUT2D eigenvalue weighted by atomic mass is 13.9. The molecule has 1 aromatic rings. The first-order chi connectivity index (χ1) is 6.41. The van der Waals surface area contributed by atoms with E-state index in [0.717, 1.165) is 6.42 Å². The van der Waals surface area contributed by atoms with Gasteiger partial charge >= 0.3 is 0 Å². The summed E-state index contributed by atoms with van der Waals surface area (Å²) >= 11 is 0. The maximum absolute atomic E-state index is 3.76. The van der Waals surface area contributed by atoms with Crippen molar-refractivity contribution in [3.05, 3.63) is 43.3 Å². The van der Waals surface area contributed by atoms with Gasteiger partial charge in [-0.2, -0.15) is 0 Å². The van der Waals surface area contributed by atoms with Crippen LogP contribution < -0.4 is 0 Å². The van der Waals surface area contributed by atoms with Gasteiger partial charge in [0.15, 0.2) is 0 Å². The summed E-state index contributed by atoms with van der Waals surface area (Å²) in [5.74, 6) is 0. The lowest BCUT2D eigenvalue weighted by Crippen LogP contribution is -1.71. The molecule has 0 saturated carbocycles. The third-order valence-electron chi connectivity index (χ3n) is 1.71. The molecule has 2 radical (unpaired) electrons. The molecule has 1 rings (SSSR count). The van der Waals surface area contributed by atoms with E-state index in [2.05, 4.69) is 19.9 Å². The molecular weight excluding hydrogens is 156 g/mol. The van der Waals surface area contributed by atoms with E-state index >= 15 is 0 Å². The normalized spacial score (nSPS) is 8.77. The van der Waals surface area contributed by atoms with Crippen molar-refractivity contribution in [2.75, 3.05) is 0 Å². The molecule has 0 spiro atoms. The number of benzene rings is 1. The third kappa shape index (κ3) is 11.2. The minimum Gasteiger partial charge on any atom is -0.0654 e. The van der Waals surface area contributed by atoms with E-state index in [1.165, 1.54) is 25.7 Å². The smallest absolute Gasteiger partial charge is 0.0184 e. The molecule has 0 amide bonds. The Morgan fingerprint density at radius 2 is 1.69 bits per heavy atom. The predicted molar refractivity (Wildman–Crippen MR) is 59.4 cm³/mol. The largest absolute Gasteiger partial charge is 0.0654 e. The van der Waals surface area contributed by atoms with Crippen LogP contribution in [0.25, 0.3) is 0 Å². The Hall–Kier alpha value is -0.780. The van der Waals surface area contributed by atoms with Gasteiger partial charge in [0, 0.05) is 0 Å². The van der Waals surface area contributed by atoms with Gasteiger partial charge in [0.05, 0.1) is 0 Å². The van der Waals surface area contributed by atoms with Crippen molar-refractivity contribution in [2.24, 2.45) is 0 Å². The summed E-state index contributed by atoms with van der Waals surface area (Å²) in [5.41, 5.74) is 0. The second-order valence-electron chi connectivity index (χ2n) is 2.99. The highest BCUT2D eigenvalue weighted by molar-refractivity contribution is 4.97. The predicted octanol–water partition coefficient (Wildman–Crippen LogP) is 4.28. The van der Waals surface area contributed by atoms with Gasteiger partial charge in [-0.05, 0) is 6.07 Å². The number of hydrogen-bond donors (Lipinski definition) is 0. The van der Waals surface area contributed by atoms with Gasteiger partial charge in [-0.15, -0.1) is 0 Å². The fourth-order valence-electron chi connectivity index (χ4n) is 0.945. The minimum absolute atomic E-state index is 1.11. The fraction of sp³-hybridized carbons (Fsp3) is 0.462. The standard InChI is InChI=1S/C7H15.C6H5/c1-3-5-7-6-4-2;1-2-4-6-5-3-1/h1,3-7H2,2H3;1-5H. The van der Waals surface area contributed by atoms with Crippen molar-refractivity contribution in [3.63, 3.8) is 0 Å². The highest BCUT2D eigenvalue weighted by Crippen LogP contribution is 1.99. The Balaban J connectivity index is 0.000000223. The molecule has 13 heavy (non-hydrogen) atoms. The molecule has 0 heteroatoms. The van der Waals surface area contributed by atoms with E-state index in [4.69, 9.17) is 0 Å². The van der Waals surface area contributed by atoms with Gasteiger partial charge in [-0.25, -0.2) is 0 Å². The van der Waals surface area contributed by atoms with E-state index in [9.17, 15) is 0 Å². The van der Waals surface area contributed by atoms with Crippen LogP contribution in [0.2, 0.25) is 0 Å². The summed E-state index contributed by atoms with van der Waals surface area (Å²) in [6.07, 6.45) is 6.52. The van der Waals surface area contributed by atoms with E-state index < -0.39 is 0 Å². The van der Waals surface area contributed by atoms with Crippen molar-refractivity contribution >= 4 is 0 Å². The first kappa shape index (κ1) is 12.2. The van der Waals surface area contributed by atoms with Gasteiger partial charge in [0.25, 0.3) is 0 Å². The molecule has 0 aromatic heterocycles. The van der Waals surface area contributed by atoms with Crippen LogP contribution in [0.5, 0.6) is 0 Å². The van der Waals surface area contributed by atoms with Crippen LogP contribution >= 0.6 is 0 Å². The fourth-order valence-corrected chi connectivity index (χ4v) is 0.945. The SMILES string of the molecule is [CH2]CCCCCC.[c]1ccccc1. The topological polar surface area (TPSA) is 0 Å². The Morgan fingerprint density at radius 1 is 1.00 bits per heavy atom. The molecule has 0 aliphatic heterocycles. The number of rotatable bonds is 4. The Labute approximate surface area is 83.0 Å². The van der Waals surface area contributed by atoms with Crippen molar-refractivity contribution in [3.8, 4) is 0 Å². The molecule has 0 aliphatic rings. The molecular formula is C13H20. The van der Waals surface area contributed by atoms with Crippen LogP contribution in [0.3, 0.4) is 0 Å². The third-order valence-corrected chi connectivity index (χ3v) is 1.71. The van der Waals surface area contributed by atoms with E-state index in [1.54, 1.807) is 0 Å². The van der Waals surface area contributed by atoms with E-state index in [1.807, 2.05) is 30.3 Å². The molecule has 0 N–H and O–H groups in total. The molecule has 0 atom stereocenters. The molecule has 0 fully saturated rings. The van der Waals surface area contributed by atoms with Gasteiger partial charge < -0.3 is 0 Å². The van der Waals surface area contributed by atoms with Crippen molar-refractivity contribution in [1.29, 1.82) is 0 Å². The van der Waals surface area contributed by atoms with Gasteiger partial charge in [0.1, 0.15) is 0 Å². The Morgan fingerprint density at radius 3 is 2.00 bits per heavy atom. The summed E-state index contributed by atoms with van der Waals surface area (Å²) in [5, 5.41) is 0. The lowest BCUT2D eigenvalue weighted by molar-refractivity contribution is 0.673. The molecule has 0 saturated heterocycles. The average molecular weight is 176 g/mol. The molecule has 0 unspecified atom stereocenters. The number of hydrogen-bond acceptors (Lipinski definition) is 0. The summed E-state index contributed by atoms with van der Waals surface area (Å²) in [6.45, 7) is 5.98. The van der Waals surface area contributed by atoms with Crippen molar-refractivity contribution in [1.82, 2.24) is 0 Å². The second-order valence-corrected chi connectivity index (χ2v) is 2.99. The number of unbranched alkanes of at least 4 members (excludes halogenated alkanes) is 4. The molecule has 0 heterocycles. The van der Waals surface area contributed by atoms with Crippen molar-refractivity contribution in [2.45, 2.75) is 39.0 Å². The Bertz CT molecular complexity index is 124. The summed E-state index contributed by atoms with van der Waals surface area (Å²) in [7, 11) is 0. The van der Waals surface area contributed by atoms with E-state index in [0.29, 0.717) is 0 Å². The lowest BCUT2D eigenvalue weighted by Gasteiger charge is -1.90. The molecule has 0 aliphatic carbocycles. The molecule has 72 valence electrons. The van der Waals surface area contributed by atoms with E-state index in [-0.39, 0.29) is 0 Å². The maximum Gasteiger partial charge on any atom is -0.0184 e. The highest BCUT2D eigenvalue weighted by Gasteiger charge is 1.80.